The molecule has 0 unspecified atom stereocenters. The Balaban J connectivity index is 1.14. The molecule has 1 aliphatic carbocycles. The number of hydrogen-bond donors (Lipinski definition) is 3. The maximum Gasteiger partial charge on any atom is 0.235 e. The van der Waals surface area contributed by atoms with E-state index in [1.54, 1.807) is 7.11 Å². The number of aliphatic hydroxyl groups excluding tert-OH is 1. The third-order valence-electron chi connectivity index (χ3n) is 6.89. The summed E-state index contributed by atoms with van der Waals surface area (Å²) in [5.41, 5.74) is 2.97. The molecule has 0 bridgehead atoms. The summed E-state index contributed by atoms with van der Waals surface area (Å²) in [5.74, 6) is 2.23. The Morgan fingerprint density at radius 3 is 2.88 bits per heavy atom. The van der Waals surface area contributed by atoms with Gasteiger partial charge in [0, 0.05) is 24.2 Å². The molecule has 178 valence electrons. The zero-order valence-electron chi connectivity index (χ0n) is 19.3. The Morgan fingerprint density at radius 1 is 1.21 bits per heavy atom. The van der Waals surface area contributed by atoms with Crippen molar-refractivity contribution in [3.05, 3.63) is 53.9 Å². The van der Waals surface area contributed by atoms with Crippen LogP contribution in [0.4, 0.5) is 5.82 Å². The van der Waals surface area contributed by atoms with Gasteiger partial charge in [-0.1, -0.05) is 0 Å². The van der Waals surface area contributed by atoms with E-state index < -0.39 is 0 Å². The van der Waals surface area contributed by atoms with E-state index in [9.17, 15) is 9.90 Å². The van der Waals surface area contributed by atoms with Gasteiger partial charge >= 0.3 is 0 Å². The minimum atomic E-state index is -0.374. The number of nitrogens with one attached hydrogen (secondary N) is 2. The number of ether oxygens (including phenoxy) is 1. The van der Waals surface area contributed by atoms with Crippen LogP contribution in [0.3, 0.4) is 0 Å². The number of nitrogens with zero attached hydrogens (tertiary/aromatic N) is 2. The number of fused-ring (bicyclic) bond motifs is 2. The maximum atomic E-state index is 11.6. The van der Waals surface area contributed by atoms with E-state index >= 15 is 0 Å². The first-order valence-electron chi connectivity index (χ1n) is 11.8. The number of anilines is 1. The van der Waals surface area contributed by atoms with Crippen LogP contribution in [-0.4, -0.2) is 46.0 Å². The lowest BCUT2D eigenvalue weighted by atomic mass is 9.80. The molecule has 2 aromatic heterocycles. The largest absolute Gasteiger partial charge is 0.497 e. The molecule has 1 aliphatic heterocycles. The maximum absolute atomic E-state index is 11.6. The minimum absolute atomic E-state index is 0.00545. The summed E-state index contributed by atoms with van der Waals surface area (Å²) in [5, 5.41) is 18.5. The van der Waals surface area contributed by atoms with Crippen LogP contribution in [0.5, 0.6) is 5.75 Å². The summed E-state index contributed by atoms with van der Waals surface area (Å²) in [6, 6.07) is 12.4. The number of methoxy groups -OCH3 is 1. The lowest BCUT2D eigenvalue weighted by Crippen LogP contribution is -2.36. The van der Waals surface area contributed by atoms with Gasteiger partial charge in [-0.2, -0.15) is 0 Å². The average molecular weight is 479 g/mol. The number of carbonyl (C=O) groups is 1. The van der Waals surface area contributed by atoms with E-state index in [-0.39, 0.29) is 12.0 Å². The highest BCUT2D eigenvalue weighted by Crippen LogP contribution is 2.32. The number of carbonyl (C=O) groups excluding carboxylic acids is 1. The van der Waals surface area contributed by atoms with Crippen molar-refractivity contribution in [2.45, 2.75) is 55.7 Å². The Hall–Kier alpha value is -2.68. The molecule has 3 heterocycles. The monoisotopic (exact) mass is 478 g/mol. The summed E-state index contributed by atoms with van der Waals surface area (Å²) in [7, 11) is 1.66. The average Bonchev–Trinajstić information content (AvgIpc) is 2.87. The van der Waals surface area contributed by atoms with Crippen molar-refractivity contribution in [3.8, 4) is 5.75 Å². The third-order valence-corrected chi connectivity index (χ3v) is 7.94. The first-order chi connectivity index (χ1) is 16.6. The van der Waals surface area contributed by atoms with Crippen LogP contribution >= 0.6 is 11.8 Å². The highest BCUT2D eigenvalue weighted by Gasteiger charge is 2.27. The van der Waals surface area contributed by atoms with Gasteiger partial charge in [0.1, 0.15) is 11.6 Å². The molecular formula is C26H30N4O3S. The number of pyridine rings is 2. The van der Waals surface area contributed by atoms with Gasteiger partial charge < -0.3 is 20.5 Å². The fraction of sp³-hybridized carbons (Fsp3) is 0.423. The van der Waals surface area contributed by atoms with Crippen LogP contribution in [0, 0.1) is 5.92 Å². The van der Waals surface area contributed by atoms with Crippen molar-refractivity contribution < 1.29 is 14.6 Å². The Kier molecular flexibility index (Phi) is 6.99. The molecule has 1 amide bonds. The highest BCUT2D eigenvalue weighted by molar-refractivity contribution is 8.00. The number of rotatable bonds is 7. The number of aliphatic hydroxyl groups is 1. The summed E-state index contributed by atoms with van der Waals surface area (Å²) in [4.78, 5) is 21.7. The van der Waals surface area contributed by atoms with E-state index in [0.717, 1.165) is 58.5 Å². The Bertz CT molecular complexity index is 1180. The predicted octanol–water partition coefficient (Wildman–Crippen LogP) is 3.93. The summed E-state index contributed by atoms with van der Waals surface area (Å²) >= 11 is 1.53. The topological polar surface area (TPSA) is 96.4 Å². The van der Waals surface area contributed by atoms with Crippen LogP contribution in [0.1, 0.15) is 36.9 Å². The third kappa shape index (κ3) is 5.19. The number of aromatic nitrogens is 2. The molecule has 7 nitrogen and oxygen atoms in total. The number of thioether (sulfide) groups is 1. The number of amides is 1. The second kappa shape index (κ2) is 10.3. The fourth-order valence-corrected chi connectivity index (χ4v) is 5.70. The predicted molar refractivity (Wildman–Crippen MR) is 134 cm³/mol. The first-order valence-corrected chi connectivity index (χ1v) is 12.8. The van der Waals surface area contributed by atoms with E-state index in [1.807, 2.05) is 42.6 Å². The molecule has 3 N–H and O–H groups in total. The zero-order valence-corrected chi connectivity index (χ0v) is 20.1. The number of hydrogen-bond acceptors (Lipinski definition) is 7. The fourth-order valence-electron chi connectivity index (χ4n) is 4.94. The van der Waals surface area contributed by atoms with Gasteiger partial charge in [-0.15, -0.1) is 11.8 Å². The summed E-state index contributed by atoms with van der Waals surface area (Å²) in [6.07, 6.45) is 6.12. The van der Waals surface area contributed by atoms with Crippen molar-refractivity contribution >= 4 is 34.4 Å². The molecular weight excluding hydrogens is 448 g/mol. The van der Waals surface area contributed by atoms with Crippen LogP contribution in [0.25, 0.3) is 10.9 Å². The van der Waals surface area contributed by atoms with Crippen LogP contribution in [0.2, 0.25) is 0 Å². The van der Waals surface area contributed by atoms with E-state index in [2.05, 4.69) is 20.6 Å². The molecule has 5 rings (SSSR count). The second-order valence-electron chi connectivity index (χ2n) is 9.10. The molecule has 1 aromatic carbocycles. The van der Waals surface area contributed by atoms with Gasteiger partial charge in [0.05, 0.1) is 35.1 Å². The molecule has 34 heavy (non-hydrogen) atoms. The second-order valence-corrected chi connectivity index (χ2v) is 10.1. The smallest absolute Gasteiger partial charge is 0.235 e. The molecule has 3 aromatic rings. The lowest BCUT2D eigenvalue weighted by molar-refractivity contribution is -0.113. The van der Waals surface area contributed by atoms with Crippen molar-refractivity contribution in [1.29, 1.82) is 0 Å². The van der Waals surface area contributed by atoms with Crippen LogP contribution in [0.15, 0.2) is 47.5 Å². The lowest BCUT2D eigenvalue weighted by Gasteiger charge is -2.32. The molecule has 0 spiro atoms. The molecule has 0 radical (unpaired) electrons. The van der Waals surface area contributed by atoms with Crippen LogP contribution in [-0.2, 0) is 17.8 Å². The standard InChI is InChI=1S/C26H30N4O3S/c1-33-20-7-8-22-21(13-20)17(10-11-27-22)12-23(31)16-2-4-18(5-3-16)28-14-19-6-9-24-26(29-19)30-25(32)15-34-24/h6-11,13,16,18,23,28,31H,2-5,12,14-15H2,1H3,(H,29,30,32)/t16-,18-,23-/m0/s1. The van der Waals surface area contributed by atoms with Gasteiger partial charge in [0.15, 0.2) is 0 Å². The molecule has 1 saturated carbocycles. The van der Waals surface area contributed by atoms with Crippen molar-refractivity contribution in [2.75, 3.05) is 18.2 Å². The van der Waals surface area contributed by atoms with Crippen molar-refractivity contribution in [1.82, 2.24) is 15.3 Å². The summed E-state index contributed by atoms with van der Waals surface area (Å²) < 4.78 is 5.38. The molecule has 1 fully saturated rings. The zero-order chi connectivity index (χ0) is 23.5. The van der Waals surface area contributed by atoms with E-state index in [1.165, 1.54) is 11.8 Å². The quantitative estimate of drug-likeness (QED) is 0.473. The van der Waals surface area contributed by atoms with Gasteiger partial charge in [-0.3, -0.25) is 9.78 Å². The van der Waals surface area contributed by atoms with Crippen molar-refractivity contribution in [2.24, 2.45) is 5.92 Å². The number of benzene rings is 1. The van der Waals surface area contributed by atoms with Crippen LogP contribution < -0.4 is 15.4 Å². The Labute approximate surface area is 203 Å². The Morgan fingerprint density at radius 2 is 2.06 bits per heavy atom. The van der Waals surface area contributed by atoms with Gasteiger partial charge in [0.25, 0.3) is 0 Å². The highest BCUT2D eigenvalue weighted by atomic mass is 32.2. The van der Waals surface area contributed by atoms with E-state index in [0.29, 0.717) is 36.5 Å². The molecule has 1 atom stereocenters. The summed E-state index contributed by atoms with van der Waals surface area (Å²) in [6.45, 7) is 0.677. The van der Waals surface area contributed by atoms with Gasteiger partial charge in [0.2, 0.25) is 5.91 Å². The van der Waals surface area contributed by atoms with Gasteiger partial charge in [-0.25, -0.2) is 4.98 Å². The first kappa shape index (κ1) is 23.1. The van der Waals surface area contributed by atoms with E-state index in [4.69, 9.17) is 4.74 Å². The minimum Gasteiger partial charge on any atom is -0.497 e. The SMILES string of the molecule is COc1ccc2nccc(C[C@H](O)[C@H]3CC[C@H](NCc4ccc5c(n4)NC(=O)CS5)CC3)c2c1. The normalized spacial score (nSPS) is 21.1. The molecule has 0 saturated heterocycles. The van der Waals surface area contributed by atoms with Gasteiger partial charge in [-0.05, 0) is 80.0 Å². The van der Waals surface area contributed by atoms with Crippen molar-refractivity contribution in [3.63, 3.8) is 0 Å². The molecule has 2 aliphatic rings. The molecule has 8 heteroatoms.